The molecule has 1 aromatic heterocycles. The molecule has 3 nitrogen and oxygen atoms in total. The molecule has 4 heteroatoms. The van der Waals surface area contributed by atoms with Gasteiger partial charge < -0.3 is 0 Å². The maximum absolute atomic E-state index is 13.5. The molecule has 0 aliphatic heterocycles. The van der Waals surface area contributed by atoms with Crippen molar-refractivity contribution in [3.63, 3.8) is 0 Å². The number of Topliss-reactive ketones (excluding diaryl/α,β-unsaturated/α-hetero) is 1. The topological polar surface area (TPSA) is 34.9 Å². The largest absolute Gasteiger partial charge is 0.294 e. The number of aromatic nitrogens is 2. The summed E-state index contributed by atoms with van der Waals surface area (Å²) in [7, 11) is 0. The van der Waals surface area contributed by atoms with Crippen LogP contribution in [-0.4, -0.2) is 15.6 Å². The van der Waals surface area contributed by atoms with E-state index in [0.717, 1.165) is 12.1 Å². The lowest BCUT2D eigenvalue weighted by atomic mass is 10.0. The van der Waals surface area contributed by atoms with Gasteiger partial charge in [0.15, 0.2) is 5.78 Å². The highest BCUT2D eigenvalue weighted by atomic mass is 19.1. The van der Waals surface area contributed by atoms with E-state index in [0.29, 0.717) is 17.2 Å². The van der Waals surface area contributed by atoms with Crippen molar-refractivity contribution in [1.29, 1.82) is 0 Å². The number of aryl methyl sites for hydroxylation is 1. The molecular formula is C16H19FN2O. The number of carbonyl (C=O) groups excluding carboxylic acids is 1. The summed E-state index contributed by atoms with van der Waals surface area (Å²) in [4.78, 5) is 12.1. The van der Waals surface area contributed by atoms with Crippen LogP contribution >= 0.6 is 0 Å². The Balaban J connectivity index is 2.11. The van der Waals surface area contributed by atoms with Gasteiger partial charge in [0.1, 0.15) is 5.82 Å². The Kier molecular flexibility index (Phi) is 4.32. The zero-order valence-electron chi connectivity index (χ0n) is 12.1. The van der Waals surface area contributed by atoms with Gasteiger partial charge in [0.2, 0.25) is 0 Å². The molecule has 106 valence electrons. The summed E-state index contributed by atoms with van der Waals surface area (Å²) in [6.45, 7) is 5.84. The van der Waals surface area contributed by atoms with Gasteiger partial charge >= 0.3 is 0 Å². The number of benzene rings is 1. The molecule has 0 bridgehead atoms. The first-order valence-electron chi connectivity index (χ1n) is 6.84. The number of hydrogen-bond acceptors (Lipinski definition) is 2. The average molecular weight is 274 g/mol. The molecule has 0 saturated heterocycles. The van der Waals surface area contributed by atoms with Crippen LogP contribution in [0.2, 0.25) is 0 Å². The number of carbonyl (C=O) groups is 1. The summed E-state index contributed by atoms with van der Waals surface area (Å²) in [5, 5.41) is 4.39. The van der Waals surface area contributed by atoms with Crippen LogP contribution in [0.5, 0.6) is 0 Å². The molecule has 0 radical (unpaired) electrons. The molecule has 1 atom stereocenters. The lowest BCUT2D eigenvalue weighted by Crippen LogP contribution is -2.08. The minimum absolute atomic E-state index is 0.113. The fourth-order valence-electron chi connectivity index (χ4n) is 1.94. The van der Waals surface area contributed by atoms with Crippen LogP contribution in [0.1, 0.15) is 47.9 Å². The van der Waals surface area contributed by atoms with Gasteiger partial charge in [0.05, 0.1) is 12.1 Å². The Hall–Kier alpha value is -1.97. The van der Waals surface area contributed by atoms with Crippen molar-refractivity contribution >= 4 is 5.78 Å². The van der Waals surface area contributed by atoms with Crippen molar-refractivity contribution < 1.29 is 9.18 Å². The summed E-state index contributed by atoms with van der Waals surface area (Å²) >= 11 is 0. The quantitative estimate of drug-likeness (QED) is 0.779. The number of hydrogen-bond donors (Lipinski definition) is 0. The van der Waals surface area contributed by atoms with Crippen molar-refractivity contribution in [2.45, 2.75) is 39.7 Å². The SMILES string of the molecule is CCC(C)n1ccc(CC(=O)c2ccc(C)c(F)c2)n1. The van der Waals surface area contributed by atoms with Gasteiger partial charge in [0, 0.05) is 17.8 Å². The second-order valence-electron chi connectivity index (χ2n) is 5.11. The number of halogens is 1. The molecule has 0 aliphatic rings. The van der Waals surface area contributed by atoms with E-state index in [2.05, 4.69) is 18.9 Å². The van der Waals surface area contributed by atoms with E-state index in [1.54, 1.807) is 19.1 Å². The summed E-state index contributed by atoms with van der Waals surface area (Å²) < 4.78 is 15.3. The zero-order chi connectivity index (χ0) is 14.7. The Morgan fingerprint density at radius 3 is 2.80 bits per heavy atom. The normalized spacial score (nSPS) is 12.4. The number of rotatable bonds is 5. The highest BCUT2D eigenvalue weighted by Gasteiger charge is 2.12. The first-order chi connectivity index (χ1) is 9.51. The minimum atomic E-state index is -0.346. The predicted molar refractivity (Wildman–Crippen MR) is 76.4 cm³/mol. The zero-order valence-corrected chi connectivity index (χ0v) is 12.1. The highest BCUT2D eigenvalue weighted by Crippen LogP contribution is 2.13. The highest BCUT2D eigenvalue weighted by molar-refractivity contribution is 5.97. The second kappa shape index (κ2) is 5.99. The van der Waals surface area contributed by atoms with Crippen LogP contribution in [-0.2, 0) is 6.42 Å². The van der Waals surface area contributed by atoms with Gasteiger partial charge in [-0.25, -0.2) is 4.39 Å². The molecule has 0 saturated carbocycles. The molecule has 0 amide bonds. The van der Waals surface area contributed by atoms with Gasteiger partial charge in [-0.05, 0) is 38.0 Å². The molecule has 1 unspecified atom stereocenters. The van der Waals surface area contributed by atoms with E-state index >= 15 is 0 Å². The Morgan fingerprint density at radius 1 is 1.40 bits per heavy atom. The third kappa shape index (κ3) is 3.13. The molecule has 0 N–H and O–H groups in total. The predicted octanol–water partition coefficient (Wildman–Crippen LogP) is 3.73. The fourth-order valence-corrected chi connectivity index (χ4v) is 1.94. The van der Waals surface area contributed by atoms with Gasteiger partial charge in [0.25, 0.3) is 0 Å². The lowest BCUT2D eigenvalue weighted by molar-refractivity contribution is 0.0991. The smallest absolute Gasteiger partial charge is 0.168 e. The summed E-state index contributed by atoms with van der Waals surface area (Å²) in [6.07, 6.45) is 3.07. The summed E-state index contributed by atoms with van der Waals surface area (Å²) in [6, 6.07) is 6.74. The molecule has 20 heavy (non-hydrogen) atoms. The summed E-state index contributed by atoms with van der Waals surface area (Å²) in [5.74, 6) is -0.459. The first-order valence-corrected chi connectivity index (χ1v) is 6.84. The Bertz CT molecular complexity index is 619. The first kappa shape index (κ1) is 14.4. The van der Waals surface area contributed by atoms with E-state index in [-0.39, 0.29) is 18.0 Å². The van der Waals surface area contributed by atoms with Crippen molar-refractivity contribution in [2.24, 2.45) is 0 Å². The fraction of sp³-hybridized carbons (Fsp3) is 0.375. The monoisotopic (exact) mass is 274 g/mol. The van der Waals surface area contributed by atoms with Gasteiger partial charge in [-0.2, -0.15) is 5.10 Å². The van der Waals surface area contributed by atoms with Gasteiger partial charge in [-0.1, -0.05) is 19.1 Å². The Morgan fingerprint density at radius 2 is 2.15 bits per heavy atom. The third-order valence-electron chi connectivity index (χ3n) is 3.54. The molecule has 0 spiro atoms. The number of ketones is 1. The molecule has 0 fully saturated rings. The molecule has 1 aromatic carbocycles. The van der Waals surface area contributed by atoms with E-state index in [1.807, 2.05) is 16.9 Å². The third-order valence-corrected chi connectivity index (χ3v) is 3.54. The van der Waals surface area contributed by atoms with Crippen LogP contribution in [0.25, 0.3) is 0 Å². The molecule has 2 rings (SSSR count). The van der Waals surface area contributed by atoms with Crippen LogP contribution in [0.4, 0.5) is 4.39 Å². The van der Waals surface area contributed by atoms with E-state index in [9.17, 15) is 9.18 Å². The van der Waals surface area contributed by atoms with Crippen molar-refractivity contribution in [1.82, 2.24) is 9.78 Å². The van der Waals surface area contributed by atoms with Crippen molar-refractivity contribution in [2.75, 3.05) is 0 Å². The van der Waals surface area contributed by atoms with Crippen molar-refractivity contribution in [3.05, 3.63) is 53.1 Å². The molecule has 0 aliphatic carbocycles. The second-order valence-corrected chi connectivity index (χ2v) is 5.11. The van der Waals surface area contributed by atoms with Gasteiger partial charge in [-0.3, -0.25) is 9.48 Å². The minimum Gasteiger partial charge on any atom is -0.294 e. The molecule has 2 aromatic rings. The van der Waals surface area contributed by atoms with Crippen molar-refractivity contribution in [3.8, 4) is 0 Å². The van der Waals surface area contributed by atoms with Crippen LogP contribution in [0, 0.1) is 12.7 Å². The lowest BCUT2D eigenvalue weighted by Gasteiger charge is -2.08. The average Bonchev–Trinajstić information content (AvgIpc) is 2.89. The van der Waals surface area contributed by atoms with E-state index in [4.69, 9.17) is 0 Å². The molecule has 1 heterocycles. The molecular weight excluding hydrogens is 255 g/mol. The van der Waals surface area contributed by atoms with Gasteiger partial charge in [-0.15, -0.1) is 0 Å². The summed E-state index contributed by atoms with van der Waals surface area (Å²) in [5.41, 5.74) is 1.66. The van der Waals surface area contributed by atoms with E-state index < -0.39 is 0 Å². The Labute approximate surface area is 118 Å². The van der Waals surface area contributed by atoms with Crippen LogP contribution in [0.15, 0.2) is 30.5 Å². The van der Waals surface area contributed by atoms with E-state index in [1.165, 1.54) is 6.07 Å². The maximum Gasteiger partial charge on any atom is 0.168 e. The van der Waals surface area contributed by atoms with Crippen LogP contribution < -0.4 is 0 Å². The standard InChI is InChI=1S/C16H19FN2O/c1-4-12(3)19-8-7-14(18-19)10-16(20)13-6-5-11(2)15(17)9-13/h5-9,12H,4,10H2,1-3H3. The number of nitrogens with zero attached hydrogens (tertiary/aromatic N) is 2. The maximum atomic E-state index is 13.5. The van der Waals surface area contributed by atoms with Crippen LogP contribution in [0.3, 0.4) is 0 Å².